The molecule has 2 aromatic heterocycles. The lowest BCUT2D eigenvalue weighted by Gasteiger charge is -2.17. The first kappa shape index (κ1) is 25.7. The largest absolute Gasteiger partial charge is 0.507 e. The number of para-hydroxylation sites is 1. The molecule has 38 heavy (non-hydrogen) atoms. The summed E-state index contributed by atoms with van der Waals surface area (Å²) in [6.07, 6.45) is 3.63. The maximum Gasteiger partial charge on any atom is 0.125 e. The Morgan fingerprint density at radius 2 is 1.42 bits per heavy atom. The second kappa shape index (κ2) is 11.2. The first-order valence-electron chi connectivity index (χ1n) is 12.9. The number of pyridine rings is 1. The Labute approximate surface area is 228 Å². The number of rotatable bonds is 7. The fraction of sp³-hybridized carbons (Fsp3) is 0.182. The van der Waals surface area contributed by atoms with Crippen LogP contribution in [-0.4, -0.2) is 20.1 Å². The molecule has 0 aliphatic heterocycles. The quantitative estimate of drug-likeness (QED) is 0.233. The molecule has 5 rings (SSSR count). The predicted molar refractivity (Wildman–Crippen MR) is 157 cm³/mol. The molecule has 190 valence electrons. The zero-order chi connectivity index (χ0) is 26.6. The maximum atomic E-state index is 10.8. The Morgan fingerprint density at radius 1 is 0.684 bits per heavy atom. The molecule has 0 saturated carbocycles. The molecular weight excluding hydrogens is 486 g/mol. The van der Waals surface area contributed by atoms with Crippen molar-refractivity contribution in [3.05, 3.63) is 108 Å². The molecule has 0 aliphatic rings. The summed E-state index contributed by atoms with van der Waals surface area (Å²) in [5.41, 5.74) is 7.34. The van der Waals surface area contributed by atoms with E-state index in [9.17, 15) is 5.11 Å². The zero-order valence-electron chi connectivity index (χ0n) is 22.1. The van der Waals surface area contributed by atoms with Gasteiger partial charge in [0.05, 0.1) is 17.6 Å². The van der Waals surface area contributed by atoms with Crippen molar-refractivity contribution in [3.8, 4) is 39.5 Å². The Kier molecular flexibility index (Phi) is 7.57. The number of hydrogen-bond donors (Lipinski definition) is 1. The van der Waals surface area contributed by atoms with Crippen LogP contribution in [0.5, 0.6) is 5.75 Å². The van der Waals surface area contributed by atoms with Crippen LogP contribution < -0.4 is 0 Å². The SMILES string of the molecule is CC(C)c1cc(-c2ncc(-c3cccc(Sc4ccccn4)c3)nc2-c2ccccc2O)cc(C(C)C)c1. The number of benzene rings is 3. The third-order valence-corrected chi connectivity index (χ3v) is 7.45. The molecule has 0 fully saturated rings. The highest BCUT2D eigenvalue weighted by molar-refractivity contribution is 7.99. The van der Waals surface area contributed by atoms with Gasteiger partial charge in [-0.2, -0.15) is 0 Å². The van der Waals surface area contributed by atoms with Crippen molar-refractivity contribution >= 4 is 11.8 Å². The van der Waals surface area contributed by atoms with Crippen LogP contribution in [0.3, 0.4) is 0 Å². The van der Waals surface area contributed by atoms with Crippen LogP contribution in [0.25, 0.3) is 33.8 Å². The topological polar surface area (TPSA) is 58.9 Å². The van der Waals surface area contributed by atoms with Crippen LogP contribution in [0, 0.1) is 0 Å². The van der Waals surface area contributed by atoms with Crippen molar-refractivity contribution in [2.75, 3.05) is 0 Å². The highest BCUT2D eigenvalue weighted by atomic mass is 32.2. The van der Waals surface area contributed by atoms with Crippen LogP contribution in [0.1, 0.15) is 50.7 Å². The van der Waals surface area contributed by atoms with E-state index in [-0.39, 0.29) is 5.75 Å². The standard InChI is InChI=1S/C33H31N3OS/c1-21(2)24-16-25(22(3)4)18-26(17-24)32-33(28-12-5-6-13-30(28)37)36-29(20-35-32)23-10-9-11-27(19-23)38-31-14-7-8-15-34-31/h5-22,37H,1-4H3. The van der Waals surface area contributed by atoms with Crippen molar-refractivity contribution in [2.45, 2.75) is 49.5 Å². The van der Waals surface area contributed by atoms with Gasteiger partial charge >= 0.3 is 0 Å². The first-order chi connectivity index (χ1) is 18.4. The van der Waals surface area contributed by atoms with Crippen LogP contribution in [0.4, 0.5) is 0 Å². The van der Waals surface area contributed by atoms with Gasteiger partial charge in [0.15, 0.2) is 0 Å². The second-order valence-electron chi connectivity index (χ2n) is 9.97. The molecule has 5 heteroatoms. The Hall–Kier alpha value is -3.96. The molecule has 4 nitrogen and oxygen atoms in total. The Morgan fingerprint density at radius 3 is 2.11 bits per heavy atom. The monoisotopic (exact) mass is 517 g/mol. The normalized spacial score (nSPS) is 11.3. The number of aromatic hydroxyl groups is 1. The van der Waals surface area contributed by atoms with Crippen LogP contribution in [0.2, 0.25) is 0 Å². The van der Waals surface area contributed by atoms with E-state index in [4.69, 9.17) is 9.97 Å². The van der Waals surface area contributed by atoms with E-state index in [0.29, 0.717) is 23.1 Å². The predicted octanol–water partition coefficient (Wildman–Crippen LogP) is 8.98. The number of aromatic nitrogens is 3. The summed E-state index contributed by atoms with van der Waals surface area (Å²) in [7, 11) is 0. The summed E-state index contributed by atoms with van der Waals surface area (Å²) in [5, 5.41) is 11.7. The van der Waals surface area contributed by atoms with Gasteiger partial charge in [0.2, 0.25) is 0 Å². The van der Waals surface area contributed by atoms with E-state index in [0.717, 1.165) is 32.4 Å². The molecule has 0 radical (unpaired) electrons. The third-order valence-electron chi connectivity index (χ3n) is 6.51. The van der Waals surface area contributed by atoms with Crippen molar-refractivity contribution in [3.63, 3.8) is 0 Å². The van der Waals surface area contributed by atoms with Gasteiger partial charge in [0.25, 0.3) is 0 Å². The van der Waals surface area contributed by atoms with E-state index in [1.54, 1.807) is 24.0 Å². The minimum Gasteiger partial charge on any atom is -0.507 e. The molecule has 1 N–H and O–H groups in total. The van der Waals surface area contributed by atoms with E-state index in [1.807, 2.05) is 54.7 Å². The van der Waals surface area contributed by atoms with Gasteiger partial charge in [-0.05, 0) is 71.5 Å². The molecule has 0 unspecified atom stereocenters. The highest BCUT2D eigenvalue weighted by Crippen LogP contribution is 2.38. The molecular formula is C33H31N3OS. The second-order valence-corrected chi connectivity index (χ2v) is 11.1. The molecule has 0 aliphatic carbocycles. The van der Waals surface area contributed by atoms with Gasteiger partial charge in [-0.15, -0.1) is 0 Å². The van der Waals surface area contributed by atoms with Crippen LogP contribution in [0.15, 0.2) is 107 Å². The third kappa shape index (κ3) is 5.63. The van der Waals surface area contributed by atoms with Gasteiger partial charge in [0.1, 0.15) is 16.5 Å². The first-order valence-corrected chi connectivity index (χ1v) is 13.7. The van der Waals surface area contributed by atoms with Crippen molar-refractivity contribution in [1.29, 1.82) is 0 Å². The average Bonchev–Trinajstić information content (AvgIpc) is 2.93. The Balaban J connectivity index is 1.65. The molecule has 0 atom stereocenters. The lowest BCUT2D eigenvalue weighted by Crippen LogP contribution is -2.00. The van der Waals surface area contributed by atoms with E-state index in [2.05, 4.69) is 63.0 Å². The van der Waals surface area contributed by atoms with Gasteiger partial charge in [0, 0.05) is 27.8 Å². The number of phenols is 1. The zero-order valence-corrected chi connectivity index (χ0v) is 22.9. The minimum absolute atomic E-state index is 0.184. The summed E-state index contributed by atoms with van der Waals surface area (Å²) in [6.45, 7) is 8.82. The van der Waals surface area contributed by atoms with Crippen molar-refractivity contribution in [1.82, 2.24) is 15.0 Å². The van der Waals surface area contributed by atoms with Gasteiger partial charge < -0.3 is 5.11 Å². The van der Waals surface area contributed by atoms with E-state index < -0.39 is 0 Å². The Bertz CT molecular complexity index is 1540. The number of phenolic OH excluding ortho intramolecular Hbond substituents is 1. The molecule has 0 saturated heterocycles. The average molecular weight is 518 g/mol. The minimum atomic E-state index is 0.184. The molecule has 2 heterocycles. The van der Waals surface area contributed by atoms with Crippen LogP contribution in [-0.2, 0) is 0 Å². The fourth-order valence-corrected chi connectivity index (χ4v) is 5.16. The van der Waals surface area contributed by atoms with Crippen LogP contribution >= 0.6 is 11.8 Å². The fourth-order valence-electron chi connectivity index (χ4n) is 4.33. The molecule has 0 amide bonds. The van der Waals surface area contributed by atoms with E-state index >= 15 is 0 Å². The maximum absolute atomic E-state index is 10.8. The summed E-state index contributed by atoms with van der Waals surface area (Å²) in [6, 6.07) is 28.2. The summed E-state index contributed by atoms with van der Waals surface area (Å²) in [4.78, 5) is 15.6. The number of nitrogens with zero attached hydrogens (tertiary/aromatic N) is 3. The van der Waals surface area contributed by atoms with Gasteiger partial charge in [-0.25, -0.2) is 9.97 Å². The molecule has 0 spiro atoms. The van der Waals surface area contributed by atoms with Gasteiger partial charge in [-0.1, -0.05) is 75.9 Å². The highest BCUT2D eigenvalue weighted by Gasteiger charge is 2.18. The van der Waals surface area contributed by atoms with Crippen molar-refractivity contribution < 1.29 is 5.11 Å². The smallest absolute Gasteiger partial charge is 0.125 e. The van der Waals surface area contributed by atoms with Gasteiger partial charge in [-0.3, -0.25) is 4.98 Å². The molecule has 5 aromatic rings. The number of hydrogen-bond acceptors (Lipinski definition) is 5. The summed E-state index contributed by atoms with van der Waals surface area (Å²) < 4.78 is 0. The summed E-state index contributed by atoms with van der Waals surface area (Å²) in [5.74, 6) is 0.948. The van der Waals surface area contributed by atoms with E-state index in [1.165, 1.54) is 11.1 Å². The lowest BCUT2D eigenvalue weighted by atomic mass is 9.91. The van der Waals surface area contributed by atoms with Crippen molar-refractivity contribution in [2.24, 2.45) is 0 Å². The molecule has 3 aromatic carbocycles. The summed E-state index contributed by atoms with van der Waals surface area (Å²) >= 11 is 1.61. The molecule has 0 bridgehead atoms. The lowest BCUT2D eigenvalue weighted by molar-refractivity contribution is 0.477.